The van der Waals surface area contributed by atoms with Crippen molar-refractivity contribution in [2.45, 2.75) is 25.7 Å². The molecule has 42 heavy (non-hydrogen) atoms. The molecule has 0 atom stereocenters. The smallest absolute Gasteiger partial charge is 0.254 e. The summed E-state index contributed by atoms with van der Waals surface area (Å²) in [4.78, 5) is 33.5. The molecule has 0 saturated heterocycles. The Hall–Kier alpha value is -3.70. The highest BCUT2D eigenvalue weighted by atomic mass is 35.5. The van der Waals surface area contributed by atoms with Crippen molar-refractivity contribution in [2.75, 3.05) is 51.0 Å². The summed E-state index contributed by atoms with van der Waals surface area (Å²) in [5.41, 5.74) is 15.5. The highest BCUT2D eigenvalue weighted by Crippen LogP contribution is 2.23. The fraction of sp³-hybridized carbons (Fsp3) is 0.333. The van der Waals surface area contributed by atoms with Gasteiger partial charge in [0.15, 0.2) is 0 Å². The van der Waals surface area contributed by atoms with Crippen molar-refractivity contribution < 1.29 is 19.1 Å². The molecule has 0 saturated carbocycles. The van der Waals surface area contributed by atoms with Crippen LogP contribution in [-0.2, 0) is 9.47 Å². The molecule has 226 valence electrons. The zero-order valence-electron chi connectivity index (χ0n) is 23.3. The molecule has 0 aliphatic heterocycles. The lowest BCUT2D eigenvalue weighted by molar-refractivity contribution is 0.0902. The number of nitrogens with zero attached hydrogens (tertiary/aromatic N) is 2. The van der Waals surface area contributed by atoms with Crippen LogP contribution < -0.4 is 22.1 Å². The minimum Gasteiger partial charge on any atom is -0.397 e. The number of fused-ring (bicyclic) bond motifs is 2. The van der Waals surface area contributed by atoms with Gasteiger partial charge >= 0.3 is 0 Å². The van der Waals surface area contributed by atoms with E-state index in [1.165, 1.54) is 12.4 Å². The van der Waals surface area contributed by atoms with Gasteiger partial charge < -0.3 is 31.6 Å². The Balaban J connectivity index is 0.00000308. The molecule has 0 radical (unpaired) electrons. The molecule has 2 heterocycles. The topological polar surface area (TPSA) is 154 Å². The standard InChI is InChI=1S/C30H36N6O4.2ClH/c31-27-21-9-1-3-11-25(21)35-19-23(27)29(37)33-13-7-17-39-15-5-6-16-40-18-8-14-34-30(38)24-20-36-26-12-4-2-10-22(26)28(24)32;;/h1-4,9-12,19-20H,5-8,13-18H2,(H2,31,35)(H2,32,36)(H,33,37)(H,34,38);2*1H. The van der Waals surface area contributed by atoms with E-state index in [4.69, 9.17) is 20.9 Å². The Bertz CT molecular complexity index is 1350. The van der Waals surface area contributed by atoms with E-state index in [1.54, 1.807) is 0 Å². The summed E-state index contributed by atoms with van der Waals surface area (Å²) in [6.07, 6.45) is 6.21. The van der Waals surface area contributed by atoms with Crippen LogP contribution in [0.1, 0.15) is 46.4 Å². The van der Waals surface area contributed by atoms with Gasteiger partial charge in [0.1, 0.15) is 0 Å². The number of hydrogen-bond acceptors (Lipinski definition) is 8. The van der Waals surface area contributed by atoms with E-state index in [-0.39, 0.29) is 36.6 Å². The monoisotopic (exact) mass is 616 g/mol. The van der Waals surface area contributed by atoms with Gasteiger partial charge in [0, 0.05) is 62.7 Å². The van der Waals surface area contributed by atoms with Gasteiger partial charge in [-0.3, -0.25) is 19.6 Å². The SMILES string of the molecule is Cl.Cl.Nc1c(C(=O)NCCCOCCCCOCCCNC(=O)c2cnc3ccccc3c2N)cnc2ccccc12. The maximum absolute atomic E-state index is 12.5. The van der Waals surface area contributed by atoms with Gasteiger partial charge in [0.05, 0.1) is 33.5 Å². The van der Waals surface area contributed by atoms with Gasteiger partial charge in [-0.2, -0.15) is 0 Å². The molecule has 0 aliphatic carbocycles. The van der Waals surface area contributed by atoms with E-state index < -0.39 is 0 Å². The van der Waals surface area contributed by atoms with Crippen molar-refractivity contribution in [1.29, 1.82) is 0 Å². The van der Waals surface area contributed by atoms with E-state index in [2.05, 4.69) is 20.6 Å². The Kier molecular flexibility index (Phi) is 14.8. The van der Waals surface area contributed by atoms with Crippen LogP contribution in [0, 0.1) is 0 Å². The second kappa shape index (κ2) is 18.0. The summed E-state index contributed by atoms with van der Waals surface area (Å²) in [7, 11) is 0. The number of nitrogen functional groups attached to an aromatic ring is 2. The van der Waals surface area contributed by atoms with Crippen LogP contribution in [0.15, 0.2) is 60.9 Å². The normalized spacial score (nSPS) is 10.6. The van der Waals surface area contributed by atoms with Gasteiger partial charge in [-0.15, -0.1) is 24.8 Å². The van der Waals surface area contributed by atoms with Crippen LogP contribution in [0.25, 0.3) is 21.8 Å². The number of ether oxygens (including phenoxy) is 2. The summed E-state index contributed by atoms with van der Waals surface area (Å²) >= 11 is 0. The summed E-state index contributed by atoms with van der Waals surface area (Å²) in [6.45, 7) is 3.38. The lowest BCUT2D eigenvalue weighted by Gasteiger charge is -2.10. The van der Waals surface area contributed by atoms with Crippen molar-refractivity contribution in [1.82, 2.24) is 20.6 Å². The summed E-state index contributed by atoms with van der Waals surface area (Å²) in [5, 5.41) is 7.29. The van der Waals surface area contributed by atoms with Gasteiger partial charge in [-0.1, -0.05) is 36.4 Å². The average Bonchev–Trinajstić information content (AvgIpc) is 2.97. The third kappa shape index (κ3) is 9.42. The molecule has 2 amide bonds. The molecule has 0 aliphatic rings. The summed E-state index contributed by atoms with van der Waals surface area (Å²) < 4.78 is 11.3. The summed E-state index contributed by atoms with van der Waals surface area (Å²) in [5.74, 6) is -0.468. The van der Waals surface area contributed by atoms with Crippen LogP contribution in [0.2, 0.25) is 0 Å². The van der Waals surface area contributed by atoms with Crippen molar-refractivity contribution >= 4 is 69.8 Å². The van der Waals surface area contributed by atoms with Crippen molar-refractivity contribution in [3.8, 4) is 0 Å². The first-order chi connectivity index (χ1) is 19.6. The molecule has 2 aromatic heterocycles. The van der Waals surface area contributed by atoms with Gasteiger partial charge in [-0.05, 0) is 37.8 Å². The van der Waals surface area contributed by atoms with Gasteiger partial charge in [0.25, 0.3) is 11.8 Å². The minimum absolute atomic E-state index is 0. The number of benzene rings is 2. The molecule has 2 aromatic carbocycles. The number of halogens is 2. The van der Waals surface area contributed by atoms with Crippen LogP contribution in [0.3, 0.4) is 0 Å². The predicted octanol–water partition coefficient (Wildman–Crippen LogP) is 4.54. The van der Waals surface area contributed by atoms with Crippen molar-refractivity contribution in [3.05, 3.63) is 72.1 Å². The molecule has 4 rings (SSSR count). The molecule has 4 aromatic rings. The number of nitrogens with two attached hydrogens (primary N) is 2. The second-order valence-corrected chi connectivity index (χ2v) is 9.36. The molecule has 0 bridgehead atoms. The molecule has 0 unspecified atom stereocenters. The van der Waals surface area contributed by atoms with E-state index in [0.717, 1.165) is 34.6 Å². The first kappa shape index (κ1) is 34.5. The van der Waals surface area contributed by atoms with E-state index in [9.17, 15) is 9.59 Å². The molecule has 0 fully saturated rings. The molecular formula is C30H38Cl2N6O4. The number of aromatic nitrogens is 2. The van der Waals surface area contributed by atoms with Crippen LogP contribution >= 0.6 is 24.8 Å². The minimum atomic E-state index is -0.234. The molecular weight excluding hydrogens is 579 g/mol. The fourth-order valence-electron chi connectivity index (χ4n) is 4.24. The molecule has 12 heteroatoms. The number of carbonyl (C=O) groups is 2. The highest BCUT2D eigenvalue weighted by molar-refractivity contribution is 6.07. The first-order valence-corrected chi connectivity index (χ1v) is 13.5. The third-order valence-corrected chi connectivity index (χ3v) is 6.45. The number of unbranched alkanes of at least 4 members (excludes halogenated alkanes) is 1. The Labute approximate surface area is 257 Å². The van der Waals surface area contributed by atoms with Crippen LogP contribution in [0.4, 0.5) is 11.4 Å². The highest BCUT2D eigenvalue weighted by Gasteiger charge is 2.13. The number of rotatable bonds is 15. The first-order valence-electron chi connectivity index (χ1n) is 13.5. The zero-order chi connectivity index (χ0) is 28.2. The predicted molar refractivity (Wildman–Crippen MR) is 172 cm³/mol. The van der Waals surface area contributed by atoms with E-state index >= 15 is 0 Å². The number of pyridine rings is 2. The van der Waals surface area contributed by atoms with E-state index in [1.807, 2.05) is 48.5 Å². The largest absolute Gasteiger partial charge is 0.397 e. The second-order valence-electron chi connectivity index (χ2n) is 9.36. The quantitative estimate of drug-likeness (QED) is 0.142. The van der Waals surface area contributed by atoms with Gasteiger partial charge in [0.2, 0.25) is 0 Å². The third-order valence-electron chi connectivity index (χ3n) is 6.45. The van der Waals surface area contributed by atoms with Crippen LogP contribution in [0.5, 0.6) is 0 Å². The van der Waals surface area contributed by atoms with Gasteiger partial charge in [-0.25, -0.2) is 0 Å². The molecule has 6 N–H and O–H groups in total. The molecule has 10 nitrogen and oxygen atoms in total. The maximum atomic E-state index is 12.5. The lowest BCUT2D eigenvalue weighted by atomic mass is 10.1. The lowest BCUT2D eigenvalue weighted by Crippen LogP contribution is -2.26. The summed E-state index contributed by atoms with van der Waals surface area (Å²) in [6, 6.07) is 15.0. The Morgan fingerprint density at radius 1 is 0.619 bits per heavy atom. The number of carbonyl (C=O) groups excluding carboxylic acids is 2. The average molecular weight is 618 g/mol. The number of para-hydroxylation sites is 2. The fourth-order valence-corrected chi connectivity index (χ4v) is 4.24. The number of hydrogen-bond donors (Lipinski definition) is 4. The Morgan fingerprint density at radius 2 is 1.00 bits per heavy atom. The Morgan fingerprint density at radius 3 is 1.43 bits per heavy atom. The maximum Gasteiger partial charge on any atom is 0.254 e. The zero-order valence-corrected chi connectivity index (χ0v) is 25.0. The van der Waals surface area contributed by atoms with Crippen molar-refractivity contribution in [3.63, 3.8) is 0 Å². The van der Waals surface area contributed by atoms with Crippen LogP contribution in [-0.4, -0.2) is 61.3 Å². The number of amides is 2. The number of nitrogens with one attached hydrogen (secondary N) is 2. The van der Waals surface area contributed by atoms with E-state index in [0.29, 0.717) is 74.9 Å². The number of anilines is 2. The molecule has 0 spiro atoms. The van der Waals surface area contributed by atoms with Crippen molar-refractivity contribution in [2.24, 2.45) is 0 Å².